The van der Waals surface area contributed by atoms with Crippen molar-refractivity contribution in [1.82, 2.24) is 20.5 Å². The number of guanidine groups is 1. The van der Waals surface area contributed by atoms with E-state index in [1.165, 1.54) is 12.1 Å². The van der Waals surface area contributed by atoms with Crippen molar-refractivity contribution in [3.05, 3.63) is 54.0 Å². The summed E-state index contributed by atoms with van der Waals surface area (Å²) in [6.45, 7) is 10.6. The molecule has 0 saturated carbocycles. The lowest BCUT2D eigenvalue weighted by atomic mass is 10.2. The van der Waals surface area contributed by atoms with Gasteiger partial charge in [0.2, 0.25) is 0 Å². The van der Waals surface area contributed by atoms with Crippen molar-refractivity contribution < 1.29 is 9.13 Å². The molecule has 1 aromatic heterocycles. The van der Waals surface area contributed by atoms with Crippen molar-refractivity contribution in [3.63, 3.8) is 0 Å². The maximum absolute atomic E-state index is 13.3. The molecule has 0 amide bonds. The van der Waals surface area contributed by atoms with Gasteiger partial charge in [-0.25, -0.2) is 9.37 Å². The molecule has 3 rings (SSSR count). The summed E-state index contributed by atoms with van der Waals surface area (Å²) in [5.74, 6) is 1.91. The molecule has 31 heavy (non-hydrogen) atoms. The first-order chi connectivity index (χ1) is 15.1. The highest BCUT2D eigenvalue weighted by Gasteiger charge is 2.16. The molecule has 1 aromatic carbocycles. The molecular weight excluding hydrogens is 395 g/mol. The van der Waals surface area contributed by atoms with Crippen molar-refractivity contribution in [2.45, 2.75) is 26.5 Å². The second-order valence-corrected chi connectivity index (χ2v) is 7.64. The number of anilines is 1. The third kappa shape index (κ3) is 7.10. The van der Waals surface area contributed by atoms with Crippen LogP contribution < -0.4 is 20.3 Å². The smallest absolute Gasteiger partial charge is 0.191 e. The molecule has 0 spiro atoms. The zero-order valence-corrected chi connectivity index (χ0v) is 18.6. The SMILES string of the molecule is CCN1CCN(c2ccc(CNC(=NC)NCC(C)Oc3cccc(F)c3)cn2)CC1. The monoisotopic (exact) mass is 428 g/mol. The van der Waals surface area contributed by atoms with E-state index < -0.39 is 0 Å². The lowest BCUT2D eigenvalue weighted by molar-refractivity contribution is 0.223. The number of piperazine rings is 1. The van der Waals surface area contributed by atoms with Crippen LogP contribution in [0.3, 0.4) is 0 Å². The number of likely N-dealkylation sites (N-methyl/N-ethyl adjacent to an activating group) is 1. The van der Waals surface area contributed by atoms with E-state index in [0.717, 1.165) is 44.1 Å². The van der Waals surface area contributed by atoms with Gasteiger partial charge in [-0.15, -0.1) is 0 Å². The molecule has 1 aliphatic heterocycles. The highest BCUT2D eigenvalue weighted by molar-refractivity contribution is 5.79. The first-order valence-corrected chi connectivity index (χ1v) is 10.9. The van der Waals surface area contributed by atoms with E-state index in [1.807, 2.05) is 13.1 Å². The number of rotatable bonds is 8. The van der Waals surface area contributed by atoms with Gasteiger partial charge in [0.25, 0.3) is 0 Å². The van der Waals surface area contributed by atoms with Gasteiger partial charge in [0.15, 0.2) is 5.96 Å². The van der Waals surface area contributed by atoms with Crippen LogP contribution in [0, 0.1) is 5.82 Å². The predicted octanol–water partition coefficient (Wildman–Crippen LogP) is 2.50. The van der Waals surface area contributed by atoms with Crippen LogP contribution in [0.5, 0.6) is 5.75 Å². The van der Waals surface area contributed by atoms with E-state index >= 15 is 0 Å². The molecule has 168 valence electrons. The number of nitrogens with one attached hydrogen (secondary N) is 2. The Hall–Kier alpha value is -2.87. The van der Waals surface area contributed by atoms with Crippen LogP contribution in [-0.2, 0) is 6.54 Å². The summed E-state index contributed by atoms with van der Waals surface area (Å²) >= 11 is 0. The summed E-state index contributed by atoms with van der Waals surface area (Å²) in [6.07, 6.45) is 1.77. The summed E-state index contributed by atoms with van der Waals surface area (Å²) in [7, 11) is 1.73. The van der Waals surface area contributed by atoms with Crippen molar-refractivity contribution >= 4 is 11.8 Å². The Bertz CT molecular complexity index is 836. The third-order valence-electron chi connectivity index (χ3n) is 5.33. The molecule has 2 aromatic rings. The summed E-state index contributed by atoms with van der Waals surface area (Å²) in [6, 6.07) is 10.3. The Morgan fingerprint density at radius 2 is 2.00 bits per heavy atom. The van der Waals surface area contributed by atoms with Crippen molar-refractivity contribution in [1.29, 1.82) is 0 Å². The second-order valence-electron chi connectivity index (χ2n) is 7.64. The Morgan fingerprint density at radius 1 is 1.19 bits per heavy atom. The topological polar surface area (TPSA) is 65.0 Å². The zero-order valence-electron chi connectivity index (χ0n) is 18.6. The number of pyridine rings is 1. The Labute approximate surface area is 184 Å². The molecule has 0 radical (unpaired) electrons. The van der Waals surface area contributed by atoms with Crippen LogP contribution in [-0.4, -0.2) is 68.3 Å². The average Bonchev–Trinajstić information content (AvgIpc) is 2.79. The Morgan fingerprint density at radius 3 is 2.65 bits per heavy atom. The molecule has 1 aliphatic rings. The highest BCUT2D eigenvalue weighted by Crippen LogP contribution is 2.15. The molecule has 1 unspecified atom stereocenters. The first kappa shape index (κ1) is 22.8. The Kier molecular flexibility index (Phi) is 8.46. The second kappa shape index (κ2) is 11.5. The number of hydrogen-bond acceptors (Lipinski definition) is 5. The molecular formula is C23H33FN6O. The number of benzene rings is 1. The van der Waals surface area contributed by atoms with Gasteiger partial charge in [-0.3, -0.25) is 4.99 Å². The lowest BCUT2D eigenvalue weighted by Gasteiger charge is -2.34. The summed E-state index contributed by atoms with van der Waals surface area (Å²) in [5, 5.41) is 6.52. The van der Waals surface area contributed by atoms with Gasteiger partial charge in [-0.05, 0) is 37.2 Å². The van der Waals surface area contributed by atoms with Gasteiger partial charge in [-0.1, -0.05) is 19.1 Å². The lowest BCUT2D eigenvalue weighted by Crippen LogP contribution is -2.46. The minimum Gasteiger partial charge on any atom is -0.489 e. The molecule has 1 saturated heterocycles. The first-order valence-electron chi connectivity index (χ1n) is 10.9. The van der Waals surface area contributed by atoms with Crippen LogP contribution in [0.1, 0.15) is 19.4 Å². The van der Waals surface area contributed by atoms with Gasteiger partial charge in [-0.2, -0.15) is 0 Å². The van der Waals surface area contributed by atoms with Gasteiger partial charge < -0.3 is 25.2 Å². The van der Waals surface area contributed by atoms with Crippen molar-refractivity contribution in [2.24, 2.45) is 4.99 Å². The predicted molar refractivity (Wildman–Crippen MR) is 123 cm³/mol. The number of halogens is 1. The number of aliphatic imine (C=N–C) groups is 1. The highest BCUT2D eigenvalue weighted by atomic mass is 19.1. The fourth-order valence-electron chi connectivity index (χ4n) is 3.46. The van der Waals surface area contributed by atoms with Crippen LogP contribution in [0.15, 0.2) is 47.6 Å². The third-order valence-corrected chi connectivity index (χ3v) is 5.33. The van der Waals surface area contributed by atoms with E-state index in [-0.39, 0.29) is 11.9 Å². The maximum atomic E-state index is 13.3. The molecule has 7 nitrogen and oxygen atoms in total. The summed E-state index contributed by atoms with van der Waals surface area (Å²) < 4.78 is 19.0. The fourth-order valence-corrected chi connectivity index (χ4v) is 3.46. The standard InChI is InChI=1S/C23H33FN6O/c1-4-29-10-12-30(13-11-29)22-9-8-19(16-26-22)17-28-23(25-3)27-15-18(2)31-21-7-5-6-20(24)14-21/h5-9,14,16,18H,4,10-13,15,17H2,1-3H3,(H2,25,27,28). The molecule has 0 aliphatic carbocycles. The van der Waals surface area contributed by atoms with Crippen molar-refractivity contribution in [2.75, 3.05) is 51.2 Å². The van der Waals surface area contributed by atoms with E-state index in [1.54, 1.807) is 19.2 Å². The summed E-state index contributed by atoms with van der Waals surface area (Å²) in [5.41, 5.74) is 1.09. The minimum atomic E-state index is -0.307. The van der Waals surface area contributed by atoms with Gasteiger partial charge in [0, 0.05) is 52.0 Å². The van der Waals surface area contributed by atoms with E-state index in [9.17, 15) is 4.39 Å². The largest absolute Gasteiger partial charge is 0.489 e. The van der Waals surface area contributed by atoms with Crippen molar-refractivity contribution in [3.8, 4) is 5.75 Å². The van der Waals surface area contributed by atoms with Gasteiger partial charge >= 0.3 is 0 Å². The van der Waals surface area contributed by atoms with E-state index in [4.69, 9.17) is 4.74 Å². The number of nitrogens with zero attached hydrogens (tertiary/aromatic N) is 4. The molecule has 8 heteroatoms. The van der Waals surface area contributed by atoms with Gasteiger partial charge in [0.1, 0.15) is 23.5 Å². The van der Waals surface area contributed by atoms with Crippen LogP contribution in [0.2, 0.25) is 0 Å². The van der Waals surface area contributed by atoms with Gasteiger partial charge in [0.05, 0.1) is 6.54 Å². The van der Waals surface area contributed by atoms with E-state index in [2.05, 4.69) is 49.5 Å². The average molecular weight is 429 g/mol. The van der Waals surface area contributed by atoms with Crippen LogP contribution in [0.25, 0.3) is 0 Å². The number of ether oxygens (including phenoxy) is 1. The zero-order chi connectivity index (χ0) is 22.1. The fraction of sp³-hybridized carbons (Fsp3) is 0.478. The number of hydrogen-bond donors (Lipinski definition) is 2. The van der Waals surface area contributed by atoms with Crippen LogP contribution in [0.4, 0.5) is 10.2 Å². The maximum Gasteiger partial charge on any atom is 0.191 e. The molecule has 1 atom stereocenters. The normalized spacial score (nSPS) is 16.1. The molecule has 2 N–H and O–H groups in total. The van der Waals surface area contributed by atoms with Crippen LogP contribution >= 0.6 is 0 Å². The summed E-state index contributed by atoms with van der Waals surface area (Å²) in [4.78, 5) is 13.7. The quantitative estimate of drug-likeness (QED) is 0.498. The number of aromatic nitrogens is 1. The molecule has 0 bridgehead atoms. The Balaban J connectivity index is 1.42. The molecule has 2 heterocycles. The van der Waals surface area contributed by atoms with E-state index in [0.29, 0.717) is 24.8 Å². The molecule has 1 fully saturated rings. The minimum absolute atomic E-state index is 0.144.